The van der Waals surface area contributed by atoms with Crippen LogP contribution in [-0.4, -0.2) is 38.9 Å². The van der Waals surface area contributed by atoms with E-state index < -0.39 is 16.0 Å². The van der Waals surface area contributed by atoms with Gasteiger partial charge in [-0.25, -0.2) is 8.42 Å². The Balaban J connectivity index is 3.03. The number of carbonyl (C=O) groups is 1. The van der Waals surface area contributed by atoms with E-state index in [9.17, 15) is 13.2 Å². The summed E-state index contributed by atoms with van der Waals surface area (Å²) in [6.45, 7) is 1.44. The van der Waals surface area contributed by atoms with Crippen LogP contribution in [0.15, 0.2) is 23.1 Å². The number of halogens is 1. The summed E-state index contributed by atoms with van der Waals surface area (Å²) < 4.78 is 30.0. The molecule has 0 saturated heterocycles. The number of benzene rings is 1. The highest BCUT2D eigenvalue weighted by molar-refractivity contribution is 7.89. The maximum atomic E-state index is 12.2. The van der Waals surface area contributed by atoms with Crippen LogP contribution in [0.2, 0.25) is 5.02 Å². The van der Waals surface area contributed by atoms with E-state index in [0.29, 0.717) is 0 Å². The van der Waals surface area contributed by atoms with Gasteiger partial charge in [0.2, 0.25) is 10.0 Å². The number of ether oxygens (including phenoxy) is 1. The number of nitrogens with two attached hydrogens (primary N) is 1. The summed E-state index contributed by atoms with van der Waals surface area (Å²) in [4.78, 5) is 11.2. The molecule has 0 fully saturated rings. The van der Waals surface area contributed by atoms with E-state index in [4.69, 9.17) is 22.1 Å². The largest absolute Gasteiger partial charge is 0.465 e. The zero-order valence-corrected chi connectivity index (χ0v) is 12.2. The second-order valence-electron chi connectivity index (χ2n) is 3.76. The molecule has 0 saturated carbocycles. The minimum absolute atomic E-state index is 0.0462. The summed E-state index contributed by atoms with van der Waals surface area (Å²) in [6, 6.07) is 4.13. The molecule has 2 N–H and O–H groups in total. The smallest absolute Gasteiger partial charge is 0.321 e. The van der Waals surface area contributed by atoms with Gasteiger partial charge in [-0.2, -0.15) is 4.31 Å². The fourth-order valence-corrected chi connectivity index (χ4v) is 2.98. The van der Waals surface area contributed by atoms with E-state index in [1.165, 1.54) is 25.2 Å². The average molecular weight is 307 g/mol. The van der Waals surface area contributed by atoms with Gasteiger partial charge in [0.05, 0.1) is 11.6 Å². The highest BCUT2D eigenvalue weighted by Gasteiger charge is 2.26. The van der Waals surface area contributed by atoms with Crippen LogP contribution in [0.4, 0.5) is 5.69 Å². The lowest BCUT2D eigenvalue weighted by molar-refractivity contribution is -0.143. The lowest BCUT2D eigenvalue weighted by atomic mass is 10.3. The van der Waals surface area contributed by atoms with Crippen molar-refractivity contribution in [2.45, 2.75) is 11.8 Å². The van der Waals surface area contributed by atoms with Gasteiger partial charge in [-0.05, 0) is 25.1 Å². The first-order chi connectivity index (χ1) is 8.78. The molecule has 1 rings (SSSR count). The Bertz CT molecular complexity index is 574. The highest BCUT2D eigenvalue weighted by atomic mass is 35.5. The third kappa shape index (κ3) is 3.82. The summed E-state index contributed by atoms with van der Waals surface area (Å²) in [6.07, 6.45) is 0. The van der Waals surface area contributed by atoms with Gasteiger partial charge in [0, 0.05) is 12.7 Å². The number of sulfonamides is 1. The summed E-state index contributed by atoms with van der Waals surface area (Å²) >= 11 is 5.84. The van der Waals surface area contributed by atoms with Gasteiger partial charge in [0.1, 0.15) is 11.4 Å². The summed E-state index contributed by atoms with van der Waals surface area (Å²) in [7, 11) is -2.62. The van der Waals surface area contributed by atoms with Gasteiger partial charge in [-0.15, -0.1) is 0 Å². The predicted molar refractivity (Wildman–Crippen MR) is 72.3 cm³/mol. The monoisotopic (exact) mass is 306 g/mol. The zero-order valence-electron chi connectivity index (χ0n) is 10.6. The van der Waals surface area contributed by atoms with Crippen LogP contribution in [0.25, 0.3) is 0 Å². The molecule has 0 aliphatic rings. The molecular formula is C11H15ClN2O4S. The van der Waals surface area contributed by atoms with Crippen molar-refractivity contribution in [1.82, 2.24) is 4.31 Å². The minimum Gasteiger partial charge on any atom is -0.465 e. The van der Waals surface area contributed by atoms with Crippen molar-refractivity contribution >= 4 is 33.3 Å². The molecular weight excluding hydrogens is 292 g/mol. The molecule has 0 bridgehead atoms. The van der Waals surface area contributed by atoms with Crippen LogP contribution in [0.3, 0.4) is 0 Å². The third-order valence-corrected chi connectivity index (χ3v) is 4.59. The van der Waals surface area contributed by atoms with Crippen LogP contribution in [0.5, 0.6) is 0 Å². The van der Waals surface area contributed by atoms with Crippen LogP contribution in [0.1, 0.15) is 6.92 Å². The Morgan fingerprint density at radius 1 is 1.47 bits per heavy atom. The molecule has 1 aromatic carbocycles. The minimum atomic E-state index is -3.88. The molecule has 106 valence electrons. The second kappa shape index (κ2) is 6.23. The van der Waals surface area contributed by atoms with Crippen molar-refractivity contribution in [3.05, 3.63) is 23.2 Å². The molecule has 0 amide bonds. The van der Waals surface area contributed by atoms with Gasteiger partial charge in [0.15, 0.2) is 0 Å². The van der Waals surface area contributed by atoms with Crippen LogP contribution < -0.4 is 5.73 Å². The first-order valence-electron chi connectivity index (χ1n) is 5.46. The van der Waals surface area contributed by atoms with Gasteiger partial charge >= 0.3 is 5.97 Å². The van der Waals surface area contributed by atoms with Crippen molar-refractivity contribution in [3.8, 4) is 0 Å². The first-order valence-corrected chi connectivity index (χ1v) is 7.27. The SMILES string of the molecule is CCOC(=O)CN(C)S(=O)(=O)c1cc(N)ccc1Cl. The third-order valence-electron chi connectivity index (χ3n) is 2.30. The number of anilines is 1. The van der Waals surface area contributed by atoms with Crippen LogP contribution >= 0.6 is 11.6 Å². The predicted octanol–water partition coefficient (Wildman–Crippen LogP) is 1.11. The van der Waals surface area contributed by atoms with E-state index in [1.807, 2.05) is 0 Å². The number of nitrogen functional groups attached to an aromatic ring is 1. The lowest BCUT2D eigenvalue weighted by Crippen LogP contribution is -2.33. The van der Waals surface area contributed by atoms with Gasteiger partial charge in [-0.3, -0.25) is 4.79 Å². The number of hydrogen-bond acceptors (Lipinski definition) is 5. The molecule has 0 aliphatic carbocycles. The Kier molecular flexibility index (Phi) is 5.16. The van der Waals surface area contributed by atoms with Gasteiger partial charge < -0.3 is 10.5 Å². The van der Waals surface area contributed by atoms with Crippen molar-refractivity contribution < 1.29 is 17.9 Å². The van der Waals surface area contributed by atoms with Gasteiger partial charge in [-0.1, -0.05) is 11.6 Å². The topological polar surface area (TPSA) is 89.7 Å². The molecule has 6 nitrogen and oxygen atoms in total. The molecule has 19 heavy (non-hydrogen) atoms. The average Bonchev–Trinajstić information content (AvgIpc) is 2.32. The molecule has 0 unspecified atom stereocenters. The van der Waals surface area contributed by atoms with Gasteiger partial charge in [0.25, 0.3) is 0 Å². The molecule has 0 spiro atoms. The van der Waals surface area contributed by atoms with E-state index in [1.54, 1.807) is 6.92 Å². The number of rotatable bonds is 5. The molecule has 0 heterocycles. The fourth-order valence-electron chi connectivity index (χ4n) is 1.36. The highest BCUT2D eigenvalue weighted by Crippen LogP contribution is 2.26. The Morgan fingerprint density at radius 3 is 2.68 bits per heavy atom. The summed E-state index contributed by atoms with van der Waals surface area (Å²) in [5.74, 6) is -0.631. The molecule has 8 heteroatoms. The van der Waals surface area contributed by atoms with Crippen LogP contribution in [0, 0.1) is 0 Å². The molecule has 1 aromatic rings. The lowest BCUT2D eigenvalue weighted by Gasteiger charge is -2.17. The van der Waals surface area contributed by atoms with E-state index in [-0.39, 0.29) is 28.8 Å². The molecule has 0 radical (unpaired) electrons. The maximum Gasteiger partial charge on any atom is 0.321 e. The Morgan fingerprint density at radius 2 is 2.11 bits per heavy atom. The summed E-state index contributed by atoms with van der Waals surface area (Å²) in [5, 5.41) is 0.0462. The summed E-state index contributed by atoms with van der Waals surface area (Å²) in [5.41, 5.74) is 5.81. The quantitative estimate of drug-likeness (QED) is 0.650. The number of carbonyl (C=O) groups excluding carboxylic acids is 1. The van der Waals surface area contributed by atoms with E-state index in [0.717, 1.165) is 4.31 Å². The van der Waals surface area contributed by atoms with Crippen molar-refractivity contribution in [1.29, 1.82) is 0 Å². The molecule has 0 aromatic heterocycles. The molecule has 0 atom stereocenters. The van der Waals surface area contributed by atoms with E-state index >= 15 is 0 Å². The van der Waals surface area contributed by atoms with Crippen molar-refractivity contribution in [2.75, 3.05) is 25.9 Å². The number of nitrogens with zero attached hydrogens (tertiary/aromatic N) is 1. The maximum absolute atomic E-state index is 12.2. The Hall–Kier alpha value is -1.31. The van der Waals surface area contributed by atoms with E-state index in [2.05, 4.69) is 0 Å². The fraction of sp³-hybridized carbons (Fsp3) is 0.364. The number of likely N-dealkylation sites (N-methyl/N-ethyl adjacent to an activating group) is 1. The second-order valence-corrected chi connectivity index (χ2v) is 6.18. The number of hydrogen-bond donors (Lipinski definition) is 1. The number of esters is 1. The van der Waals surface area contributed by atoms with Crippen molar-refractivity contribution in [3.63, 3.8) is 0 Å². The Labute approximate surface area is 117 Å². The zero-order chi connectivity index (χ0) is 14.6. The normalized spacial score (nSPS) is 11.6. The van der Waals surface area contributed by atoms with Crippen molar-refractivity contribution in [2.24, 2.45) is 0 Å². The standard InChI is InChI=1S/C11H15ClN2O4S/c1-3-18-11(15)7-14(2)19(16,17)10-6-8(13)4-5-9(10)12/h4-6H,3,7,13H2,1-2H3. The first kappa shape index (κ1) is 15.7. The molecule has 0 aliphatic heterocycles. The van der Waals surface area contributed by atoms with Crippen LogP contribution in [-0.2, 0) is 19.6 Å².